The van der Waals surface area contributed by atoms with Gasteiger partial charge in [0, 0.05) is 11.4 Å². The molecule has 0 bridgehead atoms. The first-order valence-electron chi connectivity index (χ1n) is 5.72. The van der Waals surface area contributed by atoms with E-state index in [1.165, 1.54) is 0 Å². The van der Waals surface area contributed by atoms with Crippen LogP contribution in [0.2, 0.25) is 0 Å². The Labute approximate surface area is 117 Å². The molecule has 1 aromatic rings. The molecular weight excluding hydrogens is 318 g/mol. The van der Waals surface area contributed by atoms with Gasteiger partial charge in [0.1, 0.15) is 5.75 Å². The van der Waals surface area contributed by atoms with Crippen LogP contribution < -0.4 is 9.46 Å². The molecule has 0 radical (unpaired) electrons. The summed E-state index contributed by atoms with van der Waals surface area (Å²) < 4.78 is 31.7. The van der Waals surface area contributed by atoms with Gasteiger partial charge >= 0.3 is 0 Å². The highest BCUT2D eigenvalue weighted by atomic mass is 79.9. The van der Waals surface area contributed by atoms with Crippen molar-refractivity contribution in [3.63, 3.8) is 0 Å². The molecule has 0 aromatic heterocycles. The molecule has 0 fully saturated rings. The summed E-state index contributed by atoms with van der Waals surface area (Å²) in [6.07, 6.45) is 1.74. The second-order valence-corrected chi connectivity index (χ2v) is 6.54. The first-order chi connectivity index (χ1) is 8.49. The van der Waals surface area contributed by atoms with Gasteiger partial charge in [-0.2, -0.15) is 0 Å². The van der Waals surface area contributed by atoms with Crippen LogP contribution in [0.15, 0.2) is 29.2 Å². The van der Waals surface area contributed by atoms with E-state index in [2.05, 4.69) is 20.7 Å². The normalized spacial score (nSPS) is 13.3. The lowest BCUT2D eigenvalue weighted by atomic mass is 10.2. The van der Waals surface area contributed by atoms with Gasteiger partial charge in [0.05, 0.1) is 12.0 Å². The van der Waals surface area contributed by atoms with Gasteiger partial charge in [-0.05, 0) is 44.0 Å². The summed E-state index contributed by atoms with van der Waals surface area (Å²) in [4.78, 5) is 0.258. The fraction of sp³-hybridized carbons (Fsp3) is 0.500. The van der Waals surface area contributed by atoms with Crippen molar-refractivity contribution >= 4 is 26.0 Å². The molecule has 1 rings (SSSR count). The third-order valence-corrected chi connectivity index (χ3v) is 4.66. The number of sulfonamides is 1. The van der Waals surface area contributed by atoms with Crippen LogP contribution in [-0.4, -0.2) is 26.9 Å². The molecule has 0 aliphatic heterocycles. The molecule has 1 unspecified atom stereocenters. The standard InChI is InChI=1S/C12H18BrNO3S/c1-10(4-3-9-13)14-18(15,16)12-7-5-11(17-2)6-8-12/h5-8,10,14H,3-4,9H2,1-2H3. The summed E-state index contributed by atoms with van der Waals surface area (Å²) in [6.45, 7) is 1.86. The average Bonchev–Trinajstić information content (AvgIpc) is 2.36. The molecule has 18 heavy (non-hydrogen) atoms. The van der Waals surface area contributed by atoms with Crippen molar-refractivity contribution in [3.8, 4) is 5.75 Å². The van der Waals surface area contributed by atoms with Crippen LogP contribution >= 0.6 is 15.9 Å². The predicted octanol–water partition coefficient (Wildman–Crippen LogP) is 2.54. The monoisotopic (exact) mass is 335 g/mol. The highest BCUT2D eigenvalue weighted by Gasteiger charge is 2.16. The van der Waals surface area contributed by atoms with Gasteiger partial charge in [-0.15, -0.1) is 0 Å². The largest absolute Gasteiger partial charge is 0.497 e. The summed E-state index contributed by atoms with van der Waals surface area (Å²) in [5.41, 5.74) is 0. The quantitative estimate of drug-likeness (QED) is 0.779. The fourth-order valence-electron chi connectivity index (χ4n) is 1.53. The summed E-state index contributed by atoms with van der Waals surface area (Å²) in [7, 11) is -1.89. The number of rotatable bonds is 7. The van der Waals surface area contributed by atoms with Gasteiger partial charge in [-0.25, -0.2) is 13.1 Å². The Hall–Kier alpha value is -0.590. The highest BCUT2D eigenvalue weighted by Crippen LogP contribution is 2.16. The number of hydrogen-bond donors (Lipinski definition) is 1. The van der Waals surface area contributed by atoms with E-state index < -0.39 is 10.0 Å². The van der Waals surface area contributed by atoms with E-state index in [9.17, 15) is 8.42 Å². The first kappa shape index (κ1) is 15.5. The summed E-state index contributed by atoms with van der Waals surface area (Å²) >= 11 is 3.33. The van der Waals surface area contributed by atoms with E-state index in [1.807, 2.05) is 6.92 Å². The molecule has 0 saturated carbocycles. The zero-order chi connectivity index (χ0) is 13.6. The smallest absolute Gasteiger partial charge is 0.240 e. The van der Waals surface area contributed by atoms with Gasteiger partial charge in [0.15, 0.2) is 0 Å². The maximum absolute atomic E-state index is 12.0. The van der Waals surface area contributed by atoms with Gasteiger partial charge < -0.3 is 4.74 Å². The molecule has 0 heterocycles. The highest BCUT2D eigenvalue weighted by molar-refractivity contribution is 9.09. The van der Waals surface area contributed by atoms with E-state index in [-0.39, 0.29) is 10.9 Å². The third-order valence-electron chi connectivity index (χ3n) is 2.50. The molecule has 102 valence electrons. The lowest BCUT2D eigenvalue weighted by Gasteiger charge is -2.13. The number of hydrogen-bond acceptors (Lipinski definition) is 3. The molecule has 0 amide bonds. The van der Waals surface area contributed by atoms with Crippen LogP contribution in [0.4, 0.5) is 0 Å². The number of alkyl halides is 1. The van der Waals surface area contributed by atoms with Crippen LogP contribution in [0.5, 0.6) is 5.75 Å². The van der Waals surface area contributed by atoms with E-state index in [1.54, 1.807) is 31.4 Å². The van der Waals surface area contributed by atoms with Gasteiger partial charge in [-0.3, -0.25) is 0 Å². The second-order valence-electron chi connectivity index (χ2n) is 4.03. The number of nitrogens with one attached hydrogen (secondary N) is 1. The molecule has 6 heteroatoms. The molecule has 4 nitrogen and oxygen atoms in total. The van der Waals surface area contributed by atoms with Crippen molar-refractivity contribution in [2.75, 3.05) is 12.4 Å². The number of ether oxygens (including phenoxy) is 1. The lowest BCUT2D eigenvalue weighted by molar-refractivity contribution is 0.414. The van der Waals surface area contributed by atoms with Crippen LogP contribution in [-0.2, 0) is 10.0 Å². The van der Waals surface area contributed by atoms with Crippen LogP contribution in [0.3, 0.4) is 0 Å². The molecule has 0 saturated heterocycles. The Bertz CT molecular complexity index is 459. The molecule has 0 aliphatic carbocycles. The minimum atomic E-state index is -3.44. The van der Waals surface area contributed by atoms with E-state index >= 15 is 0 Å². The molecule has 0 spiro atoms. The SMILES string of the molecule is COc1ccc(S(=O)(=O)NC(C)CCCBr)cc1. The zero-order valence-electron chi connectivity index (χ0n) is 10.5. The predicted molar refractivity (Wildman–Crippen MR) is 75.8 cm³/mol. The van der Waals surface area contributed by atoms with Gasteiger partial charge in [-0.1, -0.05) is 15.9 Å². The van der Waals surface area contributed by atoms with Gasteiger partial charge in [0.25, 0.3) is 0 Å². The molecule has 1 N–H and O–H groups in total. The number of methoxy groups -OCH3 is 1. The number of benzene rings is 1. The Morgan fingerprint density at radius 2 is 1.94 bits per heavy atom. The maximum atomic E-state index is 12.0. The van der Waals surface area contributed by atoms with Crippen LogP contribution in [0.25, 0.3) is 0 Å². The fourth-order valence-corrected chi connectivity index (χ4v) is 3.13. The third kappa shape index (κ3) is 4.59. The van der Waals surface area contributed by atoms with Crippen molar-refractivity contribution in [1.29, 1.82) is 0 Å². The minimum absolute atomic E-state index is 0.0744. The van der Waals surface area contributed by atoms with E-state index in [4.69, 9.17) is 4.74 Å². The van der Waals surface area contributed by atoms with Crippen LogP contribution in [0.1, 0.15) is 19.8 Å². The minimum Gasteiger partial charge on any atom is -0.497 e. The van der Waals surface area contributed by atoms with Crippen molar-refractivity contribution in [2.24, 2.45) is 0 Å². The summed E-state index contributed by atoms with van der Waals surface area (Å²) in [5, 5.41) is 0.877. The molecule has 1 aromatic carbocycles. The summed E-state index contributed by atoms with van der Waals surface area (Å²) in [5.74, 6) is 0.640. The zero-order valence-corrected chi connectivity index (χ0v) is 12.9. The Kier molecular flexibility index (Phi) is 6.11. The first-order valence-corrected chi connectivity index (χ1v) is 8.32. The van der Waals surface area contributed by atoms with Crippen molar-refractivity contribution in [2.45, 2.75) is 30.7 Å². The maximum Gasteiger partial charge on any atom is 0.240 e. The van der Waals surface area contributed by atoms with Gasteiger partial charge in [0.2, 0.25) is 10.0 Å². The Morgan fingerprint density at radius 1 is 1.33 bits per heavy atom. The molecule has 1 atom stereocenters. The topological polar surface area (TPSA) is 55.4 Å². The molecular formula is C12H18BrNO3S. The molecule has 0 aliphatic rings. The van der Waals surface area contributed by atoms with Crippen molar-refractivity contribution < 1.29 is 13.2 Å². The second kappa shape index (κ2) is 7.11. The van der Waals surface area contributed by atoms with E-state index in [0.29, 0.717) is 5.75 Å². The van der Waals surface area contributed by atoms with Crippen molar-refractivity contribution in [3.05, 3.63) is 24.3 Å². The Balaban J connectivity index is 2.73. The van der Waals surface area contributed by atoms with Crippen molar-refractivity contribution in [1.82, 2.24) is 4.72 Å². The Morgan fingerprint density at radius 3 is 2.44 bits per heavy atom. The summed E-state index contributed by atoms with van der Waals surface area (Å²) in [6, 6.07) is 6.28. The lowest BCUT2D eigenvalue weighted by Crippen LogP contribution is -2.32. The number of halogens is 1. The van der Waals surface area contributed by atoms with Crippen LogP contribution in [0, 0.1) is 0 Å². The van der Waals surface area contributed by atoms with E-state index in [0.717, 1.165) is 18.2 Å². The average molecular weight is 336 g/mol.